The van der Waals surface area contributed by atoms with Gasteiger partial charge in [-0.05, 0) is 46.5 Å². The molecule has 0 saturated carbocycles. The van der Waals surface area contributed by atoms with E-state index in [9.17, 15) is 4.39 Å². The third-order valence-electron chi connectivity index (χ3n) is 2.98. The maximum absolute atomic E-state index is 13.4. The monoisotopic (exact) mass is 307 g/mol. The van der Waals surface area contributed by atoms with Crippen molar-refractivity contribution >= 4 is 15.9 Å². The normalized spacial score (nSPS) is 12.4. The Morgan fingerprint density at radius 2 is 1.83 bits per heavy atom. The van der Waals surface area contributed by atoms with Crippen LogP contribution in [0.5, 0.6) is 0 Å². The van der Waals surface area contributed by atoms with Crippen molar-refractivity contribution < 1.29 is 4.39 Å². The van der Waals surface area contributed by atoms with Crippen LogP contribution in [0.3, 0.4) is 0 Å². The predicted octanol–water partition coefficient (Wildman–Crippen LogP) is 4.14. The maximum Gasteiger partial charge on any atom is 0.137 e. The zero-order valence-electron chi connectivity index (χ0n) is 10.2. The summed E-state index contributed by atoms with van der Waals surface area (Å²) in [6.45, 7) is 2.04. The van der Waals surface area contributed by atoms with E-state index in [1.54, 1.807) is 6.07 Å². The molecule has 0 bridgehead atoms. The van der Waals surface area contributed by atoms with Gasteiger partial charge in [-0.15, -0.1) is 0 Å². The highest BCUT2D eigenvalue weighted by Crippen LogP contribution is 2.25. The molecule has 2 rings (SSSR count). The summed E-state index contributed by atoms with van der Waals surface area (Å²) in [5.41, 5.74) is 9.32. The van der Waals surface area contributed by atoms with Crippen molar-refractivity contribution in [3.63, 3.8) is 0 Å². The van der Waals surface area contributed by atoms with Gasteiger partial charge in [-0.3, -0.25) is 0 Å². The van der Waals surface area contributed by atoms with E-state index < -0.39 is 0 Å². The molecule has 0 saturated heterocycles. The molecule has 2 N–H and O–H groups in total. The molecule has 0 aliphatic heterocycles. The molecule has 2 aromatic rings. The number of hydrogen-bond donors (Lipinski definition) is 1. The van der Waals surface area contributed by atoms with Gasteiger partial charge in [0.25, 0.3) is 0 Å². The zero-order valence-corrected chi connectivity index (χ0v) is 11.7. The largest absolute Gasteiger partial charge is 0.324 e. The van der Waals surface area contributed by atoms with Gasteiger partial charge in [-0.2, -0.15) is 0 Å². The fourth-order valence-corrected chi connectivity index (χ4v) is 2.30. The molecule has 3 heteroatoms. The van der Waals surface area contributed by atoms with Gasteiger partial charge in [0.15, 0.2) is 0 Å². The van der Waals surface area contributed by atoms with Crippen molar-refractivity contribution in [3.8, 4) is 0 Å². The van der Waals surface area contributed by atoms with Gasteiger partial charge < -0.3 is 5.73 Å². The molecule has 1 unspecified atom stereocenters. The van der Waals surface area contributed by atoms with Crippen LogP contribution >= 0.6 is 15.9 Å². The SMILES string of the molecule is Cc1ccc(C(N)Cc2cccc(F)c2Br)cc1. The molecule has 0 aliphatic carbocycles. The Kier molecular flexibility index (Phi) is 4.15. The lowest BCUT2D eigenvalue weighted by Crippen LogP contribution is -2.13. The summed E-state index contributed by atoms with van der Waals surface area (Å²) >= 11 is 3.26. The Hall–Kier alpha value is -1.19. The van der Waals surface area contributed by atoms with E-state index >= 15 is 0 Å². The third-order valence-corrected chi connectivity index (χ3v) is 3.86. The first-order chi connectivity index (χ1) is 8.58. The summed E-state index contributed by atoms with van der Waals surface area (Å²) in [7, 11) is 0. The first-order valence-corrected chi connectivity index (χ1v) is 6.62. The quantitative estimate of drug-likeness (QED) is 0.906. The van der Waals surface area contributed by atoms with E-state index in [4.69, 9.17) is 5.73 Å². The van der Waals surface area contributed by atoms with Gasteiger partial charge in [0.1, 0.15) is 5.82 Å². The van der Waals surface area contributed by atoms with E-state index in [2.05, 4.69) is 15.9 Å². The molecule has 0 heterocycles. The van der Waals surface area contributed by atoms with Crippen molar-refractivity contribution in [2.45, 2.75) is 19.4 Å². The van der Waals surface area contributed by atoms with E-state index in [1.807, 2.05) is 37.3 Å². The van der Waals surface area contributed by atoms with Gasteiger partial charge in [0, 0.05) is 6.04 Å². The van der Waals surface area contributed by atoms with Gasteiger partial charge in [0.2, 0.25) is 0 Å². The van der Waals surface area contributed by atoms with Crippen molar-refractivity contribution in [1.82, 2.24) is 0 Å². The van der Waals surface area contributed by atoms with Crippen LogP contribution in [0.25, 0.3) is 0 Å². The van der Waals surface area contributed by atoms with Crippen molar-refractivity contribution in [3.05, 3.63) is 69.4 Å². The number of aryl methyl sites for hydroxylation is 1. The highest BCUT2D eigenvalue weighted by molar-refractivity contribution is 9.10. The third kappa shape index (κ3) is 2.98. The molecule has 18 heavy (non-hydrogen) atoms. The minimum atomic E-state index is -0.247. The molecular weight excluding hydrogens is 293 g/mol. The smallest absolute Gasteiger partial charge is 0.137 e. The van der Waals surface area contributed by atoms with E-state index in [-0.39, 0.29) is 11.9 Å². The molecule has 0 fully saturated rings. The summed E-state index contributed by atoms with van der Waals surface area (Å²) in [5.74, 6) is -0.247. The second kappa shape index (κ2) is 5.63. The van der Waals surface area contributed by atoms with Crippen molar-refractivity contribution in [1.29, 1.82) is 0 Å². The van der Waals surface area contributed by atoms with Crippen LogP contribution in [0.1, 0.15) is 22.7 Å². The summed E-state index contributed by atoms with van der Waals surface area (Å²) in [6, 6.07) is 13.0. The summed E-state index contributed by atoms with van der Waals surface area (Å²) in [5, 5.41) is 0. The second-order valence-corrected chi connectivity index (χ2v) is 5.23. The Labute approximate surface area is 115 Å². The number of hydrogen-bond acceptors (Lipinski definition) is 1. The predicted molar refractivity (Wildman–Crippen MR) is 75.9 cm³/mol. The second-order valence-electron chi connectivity index (χ2n) is 4.43. The first kappa shape index (κ1) is 13.2. The zero-order chi connectivity index (χ0) is 13.1. The highest BCUT2D eigenvalue weighted by atomic mass is 79.9. The average Bonchev–Trinajstić information content (AvgIpc) is 2.36. The van der Waals surface area contributed by atoms with Crippen LogP contribution in [-0.4, -0.2) is 0 Å². The molecule has 2 aromatic carbocycles. The van der Waals surface area contributed by atoms with Crippen molar-refractivity contribution in [2.24, 2.45) is 5.73 Å². The lowest BCUT2D eigenvalue weighted by Gasteiger charge is -2.13. The minimum absolute atomic E-state index is 0.122. The maximum atomic E-state index is 13.4. The van der Waals surface area contributed by atoms with Gasteiger partial charge in [-0.25, -0.2) is 4.39 Å². The lowest BCUT2D eigenvalue weighted by atomic mass is 9.99. The molecule has 0 aliphatic rings. The van der Waals surface area contributed by atoms with Crippen LogP contribution in [-0.2, 0) is 6.42 Å². The molecule has 1 atom stereocenters. The first-order valence-electron chi connectivity index (χ1n) is 5.83. The Balaban J connectivity index is 2.18. The van der Waals surface area contributed by atoms with E-state index in [0.29, 0.717) is 10.9 Å². The van der Waals surface area contributed by atoms with Gasteiger partial charge in [0.05, 0.1) is 4.47 Å². The number of rotatable bonds is 3. The molecule has 0 aromatic heterocycles. The fraction of sp³-hybridized carbons (Fsp3) is 0.200. The van der Waals surface area contributed by atoms with Crippen LogP contribution in [0.2, 0.25) is 0 Å². The molecule has 0 spiro atoms. The molecule has 1 nitrogen and oxygen atoms in total. The Morgan fingerprint density at radius 3 is 2.50 bits per heavy atom. The summed E-state index contributed by atoms with van der Waals surface area (Å²) in [6.07, 6.45) is 0.613. The molecule has 0 radical (unpaired) electrons. The standard InChI is InChI=1S/C15H15BrFN/c1-10-5-7-11(8-6-10)14(18)9-12-3-2-4-13(17)15(12)16/h2-8,14H,9,18H2,1H3. The molecule has 94 valence electrons. The number of nitrogens with two attached hydrogens (primary N) is 1. The lowest BCUT2D eigenvalue weighted by molar-refractivity contribution is 0.614. The minimum Gasteiger partial charge on any atom is -0.324 e. The van der Waals surface area contributed by atoms with Crippen LogP contribution in [0.15, 0.2) is 46.9 Å². The molecule has 0 amide bonds. The van der Waals surface area contributed by atoms with E-state index in [1.165, 1.54) is 11.6 Å². The van der Waals surface area contributed by atoms with Crippen LogP contribution in [0.4, 0.5) is 4.39 Å². The van der Waals surface area contributed by atoms with Crippen molar-refractivity contribution in [2.75, 3.05) is 0 Å². The Morgan fingerprint density at radius 1 is 1.17 bits per heavy atom. The van der Waals surface area contributed by atoms with Gasteiger partial charge in [-0.1, -0.05) is 42.0 Å². The van der Waals surface area contributed by atoms with Crippen LogP contribution < -0.4 is 5.73 Å². The average molecular weight is 308 g/mol. The fourth-order valence-electron chi connectivity index (χ4n) is 1.87. The summed E-state index contributed by atoms with van der Waals surface area (Å²) < 4.78 is 13.9. The topological polar surface area (TPSA) is 26.0 Å². The van der Waals surface area contributed by atoms with Crippen LogP contribution in [0, 0.1) is 12.7 Å². The summed E-state index contributed by atoms with van der Waals surface area (Å²) in [4.78, 5) is 0. The molecular formula is C15H15BrFN. The Bertz CT molecular complexity index is 537. The number of halogens is 2. The highest BCUT2D eigenvalue weighted by Gasteiger charge is 2.11. The number of benzene rings is 2. The van der Waals surface area contributed by atoms with Gasteiger partial charge >= 0.3 is 0 Å². The van der Waals surface area contributed by atoms with E-state index in [0.717, 1.165) is 11.1 Å².